The number of amides is 1. The first-order chi connectivity index (χ1) is 8.29. The summed E-state index contributed by atoms with van der Waals surface area (Å²) in [5.41, 5.74) is -0.373. The number of hydrogen-bond donors (Lipinski definition) is 3. The van der Waals surface area contributed by atoms with Crippen molar-refractivity contribution in [1.29, 1.82) is 0 Å². The van der Waals surface area contributed by atoms with Crippen LogP contribution < -0.4 is 11.7 Å². The maximum Gasteiger partial charge on any atom is 0.414 e. The topological polar surface area (TPSA) is 119 Å². The van der Waals surface area contributed by atoms with Gasteiger partial charge in [-0.2, -0.15) is 0 Å². The first kappa shape index (κ1) is 16.1. The van der Waals surface area contributed by atoms with Crippen molar-refractivity contribution in [3.8, 4) is 0 Å². The molecule has 102 valence electrons. The summed E-state index contributed by atoms with van der Waals surface area (Å²) >= 11 is 0. The molecule has 1 aliphatic heterocycles. The molecule has 0 aromatic heterocycles. The van der Waals surface area contributed by atoms with Gasteiger partial charge in [0, 0.05) is 12.7 Å². The second-order valence-electron chi connectivity index (χ2n) is 4.41. The molecular formula is C11H19N3O4. The Morgan fingerprint density at radius 3 is 2.28 bits per heavy atom. The Hall–Kier alpha value is -1.86. The molecular weight excluding hydrogens is 238 g/mol. The van der Waals surface area contributed by atoms with Gasteiger partial charge in [-0.15, -0.1) is 0 Å². The van der Waals surface area contributed by atoms with E-state index in [4.69, 9.17) is 9.84 Å². The first-order valence-corrected chi connectivity index (χ1v) is 5.24. The number of nitrogens with two attached hydrogens (primary N) is 2. The van der Waals surface area contributed by atoms with Crippen molar-refractivity contribution < 1.29 is 19.4 Å². The van der Waals surface area contributed by atoms with Gasteiger partial charge in [0.05, 0.1) is 5.57 Å². The minimum Gasteiger partial charge on any atom is -0.478 e. The number of carboxylic acid groups (broad SMARTS) is 1. The number of hydrazine groups is 1. The van der Waals surface area contributed by atoms with Gasteiger partial charge in [0.1, 0.15) is 5.60 Å². The third kappa shape index (κ3) is 5.46. The molecule has 0 spiro atoms. The fourth-order valence-electron chi connectivity index (χ4n) is 1.11. The molecule has 0 bridgehead atoms. The van der Waals surface area contributed by atoms with E-state index in [0.29, 0.717) is 0 Å². The molecule has 1 amide bonds. The largest absolute Gasteiger partial charge is 0.478 e. The van der Waals surface area contributed by atoms with Crippen molar-refractivity contribution >= 4 is 12.1 Å². The van der Waals surface area contributed by atoms with Gasteiger partial charge in [0.2, 0.25) is 0 Å². The Labute approximate surface area is 106 Å². The fourth-order valence-corrected chi connectivity index (χ4v) is 1.11. The predicted octanol–water partition coefficient (Wildman–Crippen LogP) is 0.581. The summed E-state index contributed by atoms with van der Waals surface area (Å²) in [6.45, 7) is 5.54. The van der Waals surface area contributed by atoms with Gasteiger partial charge in [0.15, 0.2) is 0 Å². The van der Waals surface area contributed by atoms with Gasteiger partial charge in [-0.1, -0.05) is 6.08 Å². The molecule has 1 rings (SSSR count). The second kappa shape index (κ2) is 6.77. The number of aliphatic carboxylic acids is 1. The zero-order valence-corrected chi connectivity index (χ0v) is 10.7. The molecule has 18 heavy (non-hydrogen) atoms. The van der Waals surface area contributed by atoms with Crippen LogP contribution in [0.2, 0.25) is 0 Å². The molecule has 0 saturated heterocycles. The molecule has 0 fully saturated rings. The Balaban J connectivity index is 0.00000137. The van der Waals surface area contributed by atoms with Crippen molar-refractivity contribution in [1.82, 2.24) is 4.90 Å². The van der Waals surface area contributed by atoms with Gasteiger partial charge >= 0.3 is 12.1 Å². The van der Waals surface area contributed by atoms with E-state index in [9.17, 15) is 9.59 Å². The number of carbonyl (C=O) groups is 2. The summed E-state index contributed by atoms with van der Waals surface area (Å²) in [7, 11) is 0. The monoisotopic (exact) mass is 257 g/mol. The van der Waals surface area contributed by atoms with Crippen LogP contribution in [0.5, 0.6) is 0 Å². The number of hydrogen-bond acceptors (Lipinski definition) is 5. The van der Waals surface area contributed by atoms with Crippen LogP contribution in [0.15, 0.2) is 23.9 Å². The highest BCUT2D eigenvalue weighted by Gasteiger charge is 2.22. The van der Waals surface area contributed by atoms with Crippen LogP contribution in [0, 0.1) is 0 Å². The third-order valence-electron chi connectivity index (χ3n) is 1.82. The molecule has 0 saturated carbocycles. The lowest BCUT2D eigenvalue weighted by Gasteiger charge is -2.25. The molecule has 0 radical (unpaired) electrons. The van der Waals surface area contributed by atoms with Crippen molar-refractivity contribution in [3.05, 3.63) is 23.9 Å². The Morgan fingerprint density at radius 2 is 1.94 bits per heavy atom. The zero-order chi connectivity index (χ0) is 14.3. The lowest BCUT2D eigenvalue weighted by Crippen LogP contribution is -2.34. The standard InChI is InChI=1S/C11H15NO4.H4N2/c1-11(2,3)16-10(15)12-6-4-8(5-7-12)9(13)14;1-2/h4-6H,7H2,1-3H3,(H,13,14);1-2H2. The molecule has 0 atom stereocenters. The van der Waals surface area contributed by atoms with Crippen molar-refractivity contribution in [3.63, 3.8) is 0 Å². The highest BCUT2D eigenvalue weighted by Crippen LogP contribution is 2.13. The van der Waals surface area contributed by atoms with Crippen molar-refractivity contribution in [2.24, 2.45) is 11.7 Å². The molecule has 0 aromatic rings. The Kier molecular flexibility index (Phi) is 6.07. The van der Waals surface area contributed by atoms with Crippen LogP contribution in [-0.2, 0) is 9.53 Å². The molecule has 1 heterocycles. The zero-order valence-electron chi connectivity index (χ0n) is 10.7. The van der Waals surface area contributed by atoms with E-state index in [-0.39, 0.29) is 12.1 Å². The van der Waals surface area contributed by atoms with E-state index < -0.39 is 17.7 Å². The highest BCUT2D eigenvalue weighted by atomic mass is 16.6. The maximum absolute atomic E-state index is 11.6. The molecule has 7 heteroatoms. The quantitative estimate of drug-likeness (QED) is 0.467. The third-order valence-corrected chi connectivity index (χ3v) is 1.82. The predicted molar refractivity (Wildman–Crippen MR) is 66.2 cm³/mol. The van der Waals surface area contributed by atoms with Crippen molar-refractivity contribution in [2.75, 3.05) is 6.54 Å². The fraction of sp³-hybridized carbons (Fsp3) is 0.455. The van der Waals surface area contributed by atoms with E-state index in [1.807, 2.05) is 0 Å². The number of carboxylic acids is 1. The van der Waals surface area contributed by atoms with Crippen LogP contribution >= 0.6 is 0 Å². The molecule has 0 unspecified atom stereocenters. The average Bonchev–Trinajstić information content (AvgIpc) is 2.29. The summed E-state index contributed by atoms with van der Waals surface area (Å²) < 4.78 is 5.13. The molecule has 7 nitrogen and oxygen atoms in total. The molecule has 0 aromatic carbocycles. The molecule has 0 aliphatic carbocycles. The van der Waals surface area contributed by atoms with Gasteiger partial charge in [-0.25, -0.2) is 9.59 Å². The molecule has 1 aliphatic rings. The lowest BCUT2D eigenvalue weighted by atomic mass is 10.2. The number of rotatable bonds is 1. The summed E-state index contributed by atoms with van der Waals surface area (Å²) in [4.78, 5) is 23.5. The smallest absolute Gasteiger partial charge is 0.414 e. The van der Waals surface area contributed by atoms with Gasteiger partial charge in [-0.05, 0) is 26.8 Å². The minimum absolute atomic E-state index is 0.180. The van der Waals surface area contributed by atoms with Crippen LogP contribution in [0.3, 0.4) is 0 Å². The van der Waals surface area contributed by atoms with Crippen molar-refractivity contribution in [2.45, 2.75) is 26.4 Å². The van der Waals surface area contributed by atoms with Gasteiger partial charge in [-0.3, -0.25) is 16.6 Å². The van der Waals surface area contributed by atoms with Crippen LogP contribution in [0.1, 0.15) is 20.8 Å². The number of carbonyl (C=O) groups excluding carboxylic acids is 1. The highest BCUT2D eigenvalue weighted by molar-refractivity contribution is 5.90. The summed E-state index contributed by atoms with van der Waals surface area (Å²) in [5, 5.41) is 8.70. The van der Waals surface area contributed by atoms with E-state index in [0.717, 1.165) is 0 Å². The van der Waals surface area contributed by atoms with E-state index >= 15 is 0 Å². The SMILES string of the molecule is CC(C)(C)OC(=O)N1C=CC(C(=O)O)=CC1.NN. The minimum atomic E-state index is -1.000. The van der Waals surface area contributed by atoms with Gasteiger partial charge in [0.25, 0.3) is 0 Å². The number of nitrogens with zero attached hydrogens (tertiary/aromatic N) is 1. The van der Waals surface area contributed by atoms with E-state index in [1.54, 1.807) is 20.8 Å². The van der Waals surface area contributed by atoms with E-state index in [2.05, 4.69) is 11.7 Å². The lowest BCUT2D eigenvalue weighted by molar-refractivity contribution is -0.132. The summed E-state index contributed by atoms with van der Waals surface area (Å²) in [6.07, 6.45) is 3.77. The van der Waals surface area contributed by atoms with Gasteiger partial charge < -0.3 is 9.84 Å². The summed E-state index contributed by atoms with van der Waals surface area (Å²) in [6, 6.07) is 0. The number of ether oxygens (including phenoxy) is 1. The molecule has 5 N–H and O–H groups in total. The van der Waals surface area contributed by atoms with Crippen LogP contribution in [-0.4, -0.2) is 34.2 Å². The Bertz CT molecular complexity index is 369. The normalized spacial score (nSPS) is 14.3. The Morgan fingerprint density at radius 1 is 1.39 bits per heavy atom. The first-order valence-electron chi connectivity index (χ1n) is 5.24. The van der Waals surface area contributed by atoms with Crippen LogP contribution in [0.25, 0.3) is 0 Å². The maximum atomic E-state index is 11.6. The van der Waals surface area contributed by atoms with E-state index in [1.165, 1.54) is 23.3 Å². The second-order valence-corrected chi connectivity index (χ2v) is 4.41. The summed E-state index contributed by atoms with van der Waals surface area (Å²) in [5.74, 6) is 7.00. The average molecular weight is 257 g/mol. The van der Waals surface area contributed by atoms with Crippen LogP contribution in [0.4, 0.5) is 4.79 Å².